The number of hydrogen-bond acceptors (Lipinski definition) is 3. The predicted octanol–water partition coefficient (Wildman–Crippen LogP) is 3.03. The maximum atomic E-state index is 12.7. The van der Waals surface area contributed by atoms with E-state index in [1.165, 1.54) is 5.56 Å². The highest BCUT2D eigenvalue weighted by molar-refractivity contribution is 5.86. The molecule has 1 atom stereocenters. The third-order valence-corrected chi connectivity index (χ3v) is 4.80. The van der Waals surface area contributed by atoms with Crippen LogP contribution in [0.3, 0.4) is 0 Å². The first-order chi connectivity index (χ1) is 11.7. The number of ketones is 1. The Morgan fingerprint density at radius 1 is 1.25 bits per heavy atom. The maximum absolute atomic E-state index is 12.7. The molecule has 0 saturated heterocycles. The van der Waals surface area contributed by atoms with E-state index in [2.05, 4.69) is 39.8 Å². The van der Waals surface area contributed by atoms with Crippen molar-refractivity contribution < 1.29 is 4.79 Å². The summed E-state index contributed by atoms with van der Waals surface area (Å²) in [5.74, 6) is 0.246. The van der Waals surface area contributed by atoms with Crippen LogP contribution in [0.15, 0.2) is 48.7 Å². The summed E-state index contributed by atoms with van der Waals surface area (Å²) in [5, 5.41) is 3.37. The lowest BCUT2D eigenvalue weighted by molar-refractivity contribution is -0.121. The number of carbonyl (C=O) groups excluding carboxylic acids is 1. The molecule has 0 saturated carbocycles. The van der Waals surface area contributed by atoms with E-state index in [4.69, 9.17) is 0 Å². The Morgan fingerprint density at radius 3 is 3.00 bits per heavy atom. The van der Waals surface area contributed by atoms with Crippen molar-refractivity contribution in [2.45, 2.75) is 32.2 Å². The Bertz CT molecular complexity index is 897. The average molecular weight is 319 g/mol. The molecular weight excluding hydrogens is 298 g/mol. The smallest absolute Gasteiger partial charge is 0.154 e. The highest BCUT2D eigenvalue weighted by Gasteiger charge is 2.25. The van der Waals surface area contributed by atoms with Gasteiger partial charge in [-0.1, -0.05) is 30.3 Å². The zero-order valence-electron chi connectivity index (χ0n) is 13.8. The van der Waals surface area contributed by atoms with Crippen LogP contribution in [0.4, 0.5) is 0 Å². The molecule has 0 fully saturated rings. The molecular formula is C20H21N3O. The van der Waals surface area contributed by atoms with Crippen molar-refractivity contribution in [3.05, 3.63) is 71.2 Å². The molecule has 4 nitrogen and oxygen atoms in total. The summed E-state index contributed by atoms with van der Waals surface area (Å²) in [6.07, 6.45) is 4.22. The molecule has 0 spiro atoms. The second-order valence-corrected chi connectivity index (χ2v) is 6.43. The van der Waals surface area contributed by atoms with Gasteiger partial charge in [0.2, 0.25) is 0 Å². The van der Waals surface area contributed by atoms with Gasteiger partial charge in [0, 0.05) is 24.9 Å². The fourth-order valence-electron chi connectivity index (χ4n) is 3.51. The van der Waals surface area contributed by atoms with Gasteiger partial charge in [0.15, 0.2) is 5.78 Å². The predicted molar refractivity (Wildman–Crippen MR) is 94.1 cm³/mol. The van der Waals surface area contributed by atoms with E-state index >= 15 is 0 Å². The second-order valence-electron chi connectivity index (χ2n) is 6.43. The van der Waals surface area contributed by atoms with E-state index in [1.54, 1.807) is 0 Å². The van der Waals surface area contributed by atoms with Gasteiger partial charge in [0.25, 0.3) is 0 Å². The van der Waals surface area contributed by atoms with E-state index < -0.39 is 0 Å². The van der Waals surface area contributed by atoms with Crippen molar-refractivity contribution in [3.8, 4) is 0 Å². The molecule has 0 radical (unpaired) electrons. The first kappa shape index (κ1) is 15.1. The van der Waals surface area contributed by atoms with Crippen molar-refractivity contribution in [2.24, 2.45) is 0 Å². The van der Waals surface area contributed by atoms with Crippen LogP contribution in [-0.2, 0) is 17.6 Å². The molecule has 1 aliphatic heterocycles. The van der Waals surface area contributed by atoms with Crippen LogP contribution in [0.2, 0.25) is 0 Å². The number of pyridine rings is 1. The molecule has 1 aromatic carbocycles. The summed E-state index contributed by atoms with van der Waals surface area (Å²) < 4.78 is 2.08. The molecule has 4 heteroatoms. The lowest BCUT2D eigenvalue weighted by Gasteiger charge is -2.25. The molecule has 1 N–H and O–H groups in total. The molecule has 0 bridgehead atoms. The third-order valence-electron chi connectivity index (χ3n) is 4.80. The van der Waals surface area contributed by atoms with Crippen LogP contribution in [0.5, 0.6) is 0 Å². The molecule has 24 heavy (non-hydrogen) atoms. The van der Waals surface area contributed by atoms with Gasteiger partial charge in [-0.15, -0.1) is 0 Å². The molecule has 3 aromatic rings. The minimum absolute atomic E-state index is 0.172. The standard InChI is InChI=1S/C20H21N3O/c1-14-5-4-8-19-22-16(13-23(14)19)9-10-18(24)20-17-7-3-2-6-15(17)11-12-21-20/h2-8,13,20-21H,9-12H2,1H3. The van der Waals surface area contributed by atoms with Gasteiger partial charge in [0.05, 0.1) is 11.7 Å². The molecule has 4 rings (SSSR count). The van der Waals surface area contributed by atoms with E-state index in [-0.39, 0.29) is 11.8 Å². The van der Waals surface area contributed by atoms with Gasteiger partial charge in [-0.25, -0.2) is 4.98 Å². The normalized spacial score (nSPS) is 17.0. The summed E-state index contributed by atoms with van der Waals surface area (Å²) in [7, 11) is 0. The number of hydrogen-bond donors (Lipinski definition) is 1. The van der Waals surface area contributed by atoms with Crippen LogP contribution >= 0.6 is 0 Å². The summed E-state index contributed by atoms with van der Waals surface area (Å²) in [6.45, 7) is 2.92. The number of benzene rings is 1. The Balaban J connectivity index is 1.49. The lowest BCUT2D eigenvalue weighted by Crippen LogP contribution is -2.35. The molecule has 1 unspecified atom stereocenters. The molecule has 122 valence electrons. The van der Waals surface area contributed by atoms with Crippen LogP contribution in [0.25, 0.3) is 5.65 Å². The van der Waals surface area contributed by atoms with Crippen molar-refractivity contribution in [1.29, 1.82) is 0 Å². The van der Waals surface area contributed by atoms with Gasteiger partial charge < -0.3 is 9.72 Å². The topological polar surface area (TPSA) is 46.4 Å². The molecule has 1 aliphatic rings. The third kappa shape index (κ3) is 2.74. The minimum Gasteiger partial charge on any atom is -0.304 e. The number of fused-ring (bicyclic) bond motifs is 2. The van der Waals surface area contributed by atoms with Gasteiger partial charge in [-0.05, 0) is 43.0 Å². The van der Waals surface area contributed by atoms with E-state index in [0.717, 1.165) is 35.6 Å². The number of aryl methyl sites for hydroxylation is 2. The number of nitrogens with zero attached hydrogens (tertiary/aromatic N) is 2. The van der Waals surface area contributed by atoms with Gasteiger partial charge >= 0.3 is 0 Å². The zero-order chi connectivity index (χ0) is 16.5. The van der Waals surface area contributed by atoms with Gasteiger partial charge in [-0.2, -0.15) is 0 Å². The number of aromatic nitrogens is 2. The minimum atomic E-state index is -0.172. The second kappa shape index (κ2) is 6.21. The Kier molecular flexibility index (Phi) is 3.90. The van der Waals surface area contributed by atoms with E-state index in [0.29, 0.717) is 12.8 Å². The number of rotatable bonds is 4. The fourth-order valence-corrected chi connectivity index (χ4v) is 3.51. The van der Waals surface area contributed by atoms with Crippen LogP contribution in [0, 0.1) is 6.92 Å². The van der Waals surface area contributed by atoms with Crippen molar-refractivity contribution in [1.82, 2.24) is 14.7 Å². The lowest BCUT2D eigenvalue weighted by atomic mass is 9.90. The summed E-state index contributed by atoms with van der Waals surface area (Å²) in [6, 6.07) is 14.1. The van der Waals surface area contributed by atoms with Crippen LogP contribution in [-0.4, -0.2) is 21.7 Å². The average Bonchev–Trinajstić information content (AvgIpc) is 3.04. The molecule has 0 amide bonds. The Morgan fingerprint density at radius 2 is 2.12 bits per heavy atom. The van der Waals surface area contributed by atoms with Gasteiger partial charge in [-0.3, -0.25) is 4.79 Å². The summed E-state index contributed by atoms with van der Waals surface area (Å²) >= 11 is 0. The van der Waals surface area contributed by atoms with Crippen molar-refractivity contribution in [2.75, 3.05) is 6.54 Å². The van der Waals surface area contributed by atoms with Crippen LogP contribution in [0.1, 0.15) is 35.0 Å². The van der Waals surface area contributed by atoms with Crippen molar-refractivity contribution in [3.63, 3.8) is 0 Å². The number of nitrogens with one attached hydrogen (secondary N) is 1. The number of carbonyl (C=O) groups is 1. The molecule has 2 aromatic heterocycles. The van der Waals surface area contributed by atoms with Crippen LogP contribution < -0.4 is 5.32 Å². The molecule has 3 heterocycles. The monoisotopic (exact) mass is 319 g/mol. The van der Waals surface area contributed by atoms with Crippen molar-refractivity contribution >= 4 is 11.4 Å². The SMILES string of the molecule is Cc1cccc2nc(CCC(=O)C3NCCc4ccccc43)cn12. The largest absolute Gasteiger partial charge is 0.304 e. The molecule has 0 aliphatic carbocycles. The Hall–Kier alpha value is -2.46. The highest BCUT2D eigenvalue weighted by atomic mass is 16.1. The summed E-state index contributed by atoms with van der Waals surface area (Å²) in [4.78, 5) is 17.3. The van der Waals surface area contributed by atoms with E-state index in [1.807, 2.05) is 30.5 Å². The zero-order valence-corrected chi connectivity index (χ0v) is 13.8. The maximum Gasteiger partial charge on any atom is 0.154 e. The first-order valence-electron chi connectivity index (χ1n) is 8.50. The number of Topliss-reactive ketones (excluding diaryl/α,β-unsaturated/α-hetero) is 1. The Labute approximate surface area is 141 Å². The quantitative estimate of drug-likeness (QED) is 0.804. The number of imidazole rings is 1. The van der Waals surface area contributed by atoms with Gasteiger partial charge in [0.1, 0.15) is 5.65 Å². The van der Waals surface area contributed by atoms with E-state index in [9.17, 15) is 4.79 Å². The fraction of sp³-hybridized carbons (Fsp3) is 0.300. The highest BCUT2D eigenvalue weighted by Crippen LogP contribution is 2.24. The summed E-state index contributed by atoms with van der Waals surface area (Å²) in [5.41, 5.74) is 5.50. The first-order valence-corrected chi connectivity index (χ1v) is 8.50.